The van der Waals surface area contributed by atoms with Crippen molar-refractivity contribution in [3.8, 4) is 33.4 Å². The van der Waals surface area contributed by atoms with Crippen LogP contribution in [0.1, 0.15) is 101 Å². The van der Waals surface area contributed by atoms with Gasteiger partial charge < -0.3 is 0 Å². The van der Waals surface area contributed by atoms with Crippen LogP contribution in [-0.4, -0.2) is 9.52 Å². The Morgan fingerprint density at radius 1 is 0.429 bits per heavy atom. The minimum atomic E-state index is 0. The molecule has 1 heterocycles. The van der Waals surface area contributed by atoms with Gasteiger partial charge in [0, 0.05) is 25.8 Å². The SMILES string of the molecule is CC(C)c1cc2c(-c3ccccc3C(C)C)cccc2[cH-]1.CC(C)c1cc2c(-c3ccccc3C(C)C)cccc2[cH-]1.[Hf].[c-]1cccc2c1[Si]c1ccccc1-2. The third-order valence-electron chi connectivity index (χ3n) is 11.0. The summed E-state index contributed by atoms with van der Waals surface area (Å²) in [5.74, 6) is 2.23. The summed E-state index contributed by atoms with van der Waals surface area (Å²) in [6.07, 6.45) is 0. The van der Waals surface area contributed by atoms with Gasteiger partial charge >= 0.3 is 0 Å². The molecule has 0 aromatic heterocycles. The average molecular weight is 909 g/mol. The van der Waals surface area contributed by atoms with E-state index >= 15 is 0 Å². The van der Waals surface area contributed by atoms with Gasteiger partial charge in [-0.2, -0.15) is 41.6 Å². The molecule has 0 atom stereocenters. The van der Waals surface area contributed by atoms with Gasteiger partial charge in [0.05, 0.1) is 9.52 Å². The van der Waals surface area contributed by atoms with Crippen LogP contribution in [0, 0.1) is 6.07 Å². The Bertz CT molecular complexity index is 2360. The molecule has 9 rings (SSSR count). The molecule has 2 heteroatoms. The molecular formula is C54H53HfSi-3. The average Bonchev–Trinajstić information content (AvgIpc) is 3.94. The first-order valence-electron chi connectivity index (χ1n) is 20.0. The van der Waals surface area contributed by atoms with Crippen LogP contribution in [0.3, 0.4) is 0 Å². The molecule has 0 saturated carbocycles. The van der Waals surface area contributed by atoms with Crippen molar-refractivity contribution in [3.63, 3.8) is 0 Å². The molecule has 0 amide bonds. The van der Waals surface area contributed by atoms with E-state index in [0.717, 1.165) is 9.52 Å². The maximum Gasteiger partial charge on any atom is 0.0920 e. The molecule has 0 fully saturated rings. The van der Waals surface area contributed by atoms with Crippen molar-refractivity contribution in [1.29, 1.82) is 0 Å². The van der Waals surface area contributed by atoms with Crippen molar-refractivity contribution < 1.29 is 25.8 Å². The summed E-state index contributed by atoms with van der Waals surface area (Å²) >= 11 is 0. The van der Waals surface area contributed by atoms with E-state index in [2.05, 4.69) is 207 Å². The molecule has 56 heavy (non-hydrogen) atoms. The Hall–Kier alpha value is -4.37. The van der Waals surface area contributed by atoms with Crippen molar-refractivity contribution >= 4 is 41.4 Å². The minimum Gasteiger partial charge on any atom is -0.184 e. The van der Waals surface area contributed by atoms with E-state index in [4.69, 9.17) is 0 Å². The van der Waals surface area contributed by atoms with E-state index in [1.165, 1.54) is 87.6 Å². The van der Waals surface area contributed by atoms with Gasteiger partial charge in [0.1, 0.15) is 0 Å². The number of fused-ring (bicyclic) bond motifs is 5. The van der Waals surface area contributed by atoms with Gasteiger partial charge in [0.15, 0.2) is 0 Å². The summed E-state index contributed by atoms with van der Waals surface area (Å²) < 4.78 is 0. The van der Waals surface area contributed by atoms with Gasteiger partial charge in [-0.1, -0.05) is 162 Å². The van der Waals surface area contributed by atoms with E-state index in [0.29, 0.717) is 23.7 Å². The number of rotatable bonds is 6. The van der Waals surface area contributed by atoms with Gasteiger partial charge in [-0.15, -0.1) is 74.6 Å². The summed E-state index contributed by atoms with van der Waals surface area (Å²) in [4.78, 5) is 0. The summed E-state index contributed by atoms with van der Waals surface area (Å²) in [7, 11) is 0.795. The molecule has 8 aromatic rings. The first-order chi connectivity index (χ1) is 26.6. The van der Waals surface area contributed by atoms with Gasteiger partial charge in [0.2, 0.25) is 0 Å². The van der Waals surface area contributed by atoms with E-state index in [1.54, 1.807) is 0 Å². The van der Waals surface area contributed by atoms with Crippen LogP contribution < -0.4 is 10.4 Å². The van der Waals surface area contributed by atoms with E-state index in [9.17, 15) is 0 Å². The van der Waals surface area contributed by atoms with Gasteiger partial charge in [-0.3, -0.25) is 0 Å². The fraction of sp³-hybridized carbons (Fsp3) is 0.222. The van der Waals surface area contributed by atoms with Crippen molar-refractivity contribution in [1.82, 2.24) is 0 Å². The summed E-state index contributed by atoms with van der Waals surface area (Å²) in [6, 6.07) is 58.5. The number of benzene rings is 6. The van der Waals surface area contributed by atoms with Crippen LogP contribution in [-0.2, 0) is 25.8 Å². The first-order valence-corrected chi connectivity index (χ1v) is 21.0. The second-order valence-corrected chi connectivity index (χ2v) is 17.4. The van der Waals surface area contributed by atoms with Gasteiger partial charge in [-0.05, 0) is 45.9 Å². The second-order valence-electron chi connectivity index (χ2n) is 16.1. The van der Waals surface area contributed by atoms with Crippen molar-refractivity contribution in [2.24, 2.45) is 0 Å². The fourth-order valence-corrected chi connectivity index (χ4v) is 9.18. The molecule has 2 radical (unpaired) electrons. The summed E-state index contributed by atoms with van der Waals surface area (Å²) in [5.41, 5.74) is 14.0. The van der Waals surface area contributed by atoms with E-state index < -0.39 is 0 Å². The molecule has 0 bridgehead atoms. The largest absolute Gasteiger partial charge is 0.184 e. The maximum atomic E-state index is 3.31. The Labute approximate surface area is 357 Å². The molecule has 1 aliphatic rings. The monoisotopic (exact) mass is 909 g/mol. The molecule has 0 N–H and O–H groups in total. The zero-order chi connectivity index (χ0) is 38.6. The van der Waals surface area contributed by atoms with E-state index in [-0.39, 0.29) is 25.8 Å². The van der Waals surface area contributed by atoms with Crippen LogP contribution in [0.5, 0.6) is 0 Å². The molecule has 0 unspecified atom stereocenters. The minimum absolute atomic E-state index is 0. The van der Waals surface area contributed by atoms with Crippen LogP contribution in [0.4, 0.5) is 0 Å². The van der Waals surface area contributed by atoms with E-state index in [1.807, 2.05) is 6.07 Å². The van der Waals surface area contributed by atoms with Crippen molar-refractivity contribution in [2.45, 2.75) is 79.1 Å². The first kappa shape index (κ1) is 41.3. The zero-order valence-corrected chi connectivity index (χ0v) is 38.8. The van der Waals surface area contributed by atoms with Crippen LogP contribution in [0.25, 0.3) is 54.9 Å². The van der Waals surface area contributed by atoms with Crippen LogP contribution >= 0.6 is 0 Å². The molecule has 0 spiro atoms. The fourth-order valence-electron chi connectivity index (χ4n) is 7.87. The zero-order valence-electron chi connectivity index (χ0n) is 34.2. The normalized spacial score (nSPS) is 11.6. The van der Waals surface area contributed by atoms with Crippen LogP contribution in [0.15, 0.2) is 152 Å². The molecular weight excluding hydrogens is 855 g/mol. The third kappa shape index (κ3) is 8.78. The third-order valence-corrected chi connectivity index (χ3v) is 12.3. The molecule has 0 aliphatic carbocycles. The Morgan fingerprint density at radius 2 is 0.857 bits per heavy atom. The predicted octanol–water partition coefficient (Wildman–Crippen LogP) is 14.1. The topological polar surface area (TPSA) is 0 Å². The Balaban J connectivity index is 0.000000145. The number of hydrogen-bond donors (Lipinski definition) is 0. The number of hydrogen-bond acceptors (Lipinski definition) is 0. The molecule has 8 aromatic carbocycles. The summed E-state index contributed by atoms with van der Waals surface area (Å²) in [6.45, 7) is 18.1. The predicted molar refractivity (Wildman–Crippen MR) is 242 cm³/mol. The molecule has 0 saturated heterocycles. The second kappa shape index (κ2) is 18.3. The summed E-state index contributed by atoms with van der Waals surface area (Å²) in [5, 5.41) is 8.30. The van der Waals surface area contributed by atoms with Crippen molar-refractivity contribution in [2.75, 3.05) is 0 Å². The smallest absolute Gasteiger partial charge is 0.0920 e. The van der Waals surface area contributed by atoms with Crippen LogP contribution in [0.2, 0.25) is 0 Å². The molecule has 0 nitrogen and oxygen atoms in total. The van der Waals surface area contributed by atoms with Gasteiger partial charge in [0.25, 0.3) is 0 Å². The quantitative estimate of drug-likeness (QED) is 0.115. The van der Waals surface area contributed by atoms with Gasteiger partial charge in [-0.25, -0.2) is 0 Å². The molecule has 1 aliphatic heterocycles. The Morgan fingerprint density at radius 3 is 1.34 bits per heavy atom. The molecule has 280 valence electrons. The standard InChI is InChI=1S/2C21H23.C12H7Si.Hf/c2*1-14(2)17-12-16-8-7-11-20(21(16)13-17)19-10-6-5-9-18(19)15(3)4;1-3-7-11-9(5-1)10-6-2-4-8-12(10)13-11;/h2*5-15H,1-4H3;1-7H;/q3*-1;. The maximum absolute atomic E-state index is 3.31. The van der Waals surface area contributed by atoms with Crippen molar-refractivity contribution in [3.05, 3.63) is 180 Å². The Kier molecular flexibility index (Phi) is 13.5.